The van der Waals surface area contributed by atoms with E-state index < -0.39 is 5.60 Å². The molecule has 1 spiro atoms. The molecule has 0 bridgehead atoms. The highest BCUT2D eigenvalue weighted by Gasteiger charge is 2.64. The number of hydrogen-bond donors (Lipinski definition) is 0. The van der Waals surface area contributed by atoms with Crippen molar-refractivity contribution in [2.75, 3.05) is 6.54 Å². The Morgan fingerprint density at radius 1 is 1.21 bits per heavy atom. The summed E-state index contributed by atoms with van der Waals surface area (Å²) in [5, 5.41) is 0. The van der Waals surface area contributed by atoms with Gasteiger partial charge in [0, 0.05) is 25.8 Å². The lowest BCUT2D eigenvalue weighted by atomic mass is 9.58. The van der Waals surface area contributed by atoms with Crippen LogP contribution < -0.4 is 0 Å². The van der Waals surface area contributed by atoms with Gasteiger partial charge in [0.05, 0.1) is 5.54 Å². The first-order valence-corrected chi connectivity index (χ1v) is 7.37. The fraction of sp³-hybridized carbons (Fsp3) is 0.867. The van der Waals surface area contributed by atoms with Crippen molar-refractivity contribution in [3.05, 3.63) is 0 Å². The molecule has 4 nitrogen and oxygen atoms in total. The van der Waals surface area contributed by atoms with E-state index in [2.05, 4.69) is 11.8 Å². The van der Waals surface area contributed by atoms with E-state index in [-0.39, 0.29) is 11.0 Å². The highest BCUT2D eigenvalue weighted by Crippen LogP contribution is 2.60. The fourth-order valence-corrected chi connectivity index (χ4v) is 4.86. The van der Waals surface area contributed by atoms with Crippen molar-refractivity contribution >= 4 is 12.4 Å². The molecule has 3 atom stereocenters. The molecule has 4 heteroatoms. The quantitative estimate of drug-likeness (QED) is 0.719. The molecule has 0 radical (unpaired) electrons. The molecule has 3 rings (SSSR count). The van der Waals surface area contributed by atoms with Crippen molar-refractivity contribution in [1.82, 2.24) is 4.90 Å². The molecule has 106 valence electrons. The maximum atomic E-state index is 12.4. The Kier molecular flexibility index (Phi) is 2.70. The zero-order valence-electron chi connectivity index (χ0n) is 11.9. The molecule has 1 aliphatic carbocycles. The molecule has 0 aromatic carbocycles. The molecule has 2 saturated heterocycles. The van der Waals surface area contributed by atoms with Crippen LogP contribution >= 0.6 is 0 Å². The van der Waals surface area contributed by atoms with Gasteiger partial charge in [-0.2, -0.15) is 0 Å². The van der Waals surface area contributed by atoms with Gasteiger partial charge in [-0.05, 0) is 25.2 Å². The van der Waals surface area contributed by atoms with Crippen molar-refractivity contribution in [2.45, 2.75) is 69.9 Å². The lowest BCUT2D eigenvalue weighted by Crippen LogP contribution is -2.63. The van der Waals surface area contributed by atoms with Crippen LogP contribution in [0.1, 0.15) is 58.8 Å². The molecule has 1 amide bonds. The van der Waals surface area contributed by atoms with Gasteiger partial charge in [-0.15, -0.1) is 0 Å². The lowest BCUT2D eigenvalue weighted by Gasteiger charge is -2.57. The summed E-state index contributed by atoms with van der Waals surface area (Å²) in [5.74, 6) is 0.303. The number of carbonyl (C=O) groups is 2. The predicted molar refractivity (Wildman–Crippen MR) is 70.4 cm³/mol. The molecule has 3 aliphatic rings. The van der Waals surface area contributed by atoms with Crippen LogP contribution in [0, 0.1) is 5.41 Å². The number of amides is 1. The predicted octanol–water partition coefficient (Wildman–Crippen LogP) is 2.26. The first-order valence-electron chi connectivity index (χ1n) is 7.37. The molecule has 0 aromatic heterocycles. The maximum Gasteiger partial charge on any atom is 0.293 e. The molecule has 2 heterocycles. The molecule has 0 aromatic rings. The monoisotopic (exact) mass is 265 g/mol. The van der Waals surface area contributed by atoms with Gasteiger partial charge >= 0.3 is 0 Å². The first-order chi connectivity index (χ1) is 8.95. The van der Waals surface area contributed by atoms with E-state index in [1.165, 1.54) is 12.8 Å². The van der Waals surface area contributed by atoms with Crippen molar-refractivity contribution in [3.63, 3.8) is 0 Å². The summed E-state index contributed by atoms with van der Waals surface area (Å²) in [6.07, 6.45) is 6.81. The van der Waals surface area contributed by atoms with Gasteiger partial charge < -0.3 is 9.64 Å². The summed E-state index contributed by atoms with van der Waals surface area (Å²) in [6, 6.07) is 0. The second kappa shape index (κ2) is 3.97. The standard InChI is InChI=1S/C15H23NO3/c1-13-5-3-4-6-15(13)10-14(2,19-11-17)7-8-16(15)12(18)9-13/h11H,3-10H2,1-2H3. The molecule has 3 fully saturated rings. The molecule has 19 heavy (non-hydrogen) atoms. The van der Waals surface area contributed by atoms with Gasteiger partial charge in [0.2, 0.25) is 5.91 Å². The van der Waals surface area contributed by atoms with Crippen molar-refractivity contribution in [2.24, 2.45) is 5.41 Å². The zero-order chi connectivity index (χ0) is 13.7. The van der Waals surface area contributed by atoms with Crippen LogP contribution in [0.5, 0.6) is 0 Å². The third kappa shape index (κ3) is 1.65. The van der Waals surface area contributed by atoms with E-state index in [9.17, 15) is 9.59 Å². The van der Waals surface area contributed by atoms with Crippen molar-refractivity contribution < 1.29 is 14.3 Å². The highest BCUT2D eigenvalue weighted by molar-refractivity contribution is 5.81. The Labute approximate surface area is 114 Å². The Morgan fingerprint density at radius 3 is 2.68 bits per heavy atom. The Bertz CT molecular complexity index is 424. The van der Waals surface area contributed by atoms with E-state index in [1.807, 2.05) is 6.92 Å². The molecule has 0 N–H and O–H groups in total. The average Bonchev–Trinajstić information content (AvgIpc) is 2.55. The zero-order valence-corrected chi connectivity index (χ0v) is 11.9. The minimum atomic E-state index is -0.401. The first kappa shape index (κ1) is 12.9. The van der Waals surface area contributed by atoms with Gasteiger partial charge in [0.15, 0.2) is 0 Å². The third-order valence-electron chi connectivity index (χ3n) is 5.91. The summed E-state index contributed by atoms with van der Waals surface area (Å²) in [5.41, 5.74) is -0.407. The van der Waals surface area contributed by atoms with E-state index in [4.69, 9.17) is 4.74 Å². The maximum absolute atomic E-state index is 12.4. The van der Waals surface area contributed by atoms with Crippen LogP contribution in [-0.4, -0.2) is 35.0 Å². The van der Waals surface area contributed by atoms with Crippen LogP contribution in [-0.2, 0) is 14.3 Å². The number of piperidine rings is 1. The summed E-state index contributed by atoms with van der Waals surface area (Å²) < 4.78 is 5.38. The summed E-state index contributed by atoms with van der Waals surface area (Å²) in [4.78, 5) is 25.2. The van der Waals surface area contributed by atoms with E-state index in [0.717, 1.165) is 32.2 Å². The molecule has 3 unspecified atom stereocenters. The average molecular weight is 265 g/mol. The van der Waals surface area contributed by atoms with Gasteiger partial charge in [0.25, 0.3) is 6.47 Å². The third-order valence-corrected chi connectivity index (χ3v) is 5.91. The van der Waals surface area contributed by atoms with E-state index in [0.29, 0.717) is 18.8 Å². The summed E-state index contributed by atoms with van der Waals surface area (Å²) >= 11 is 0. The van der Waals surface area contributed by atoms with E-state index in [1.54, 1.807) is 0 Å². The summed E-state index contributed by atoms with van der Waals surface area (Å²) in [7, 11) is 0. The second-order valence-electron chi connectivity index (χ2n) is 7.11. The van der Waals surface area contributed by atoms with Crippen molar-refractivity contribution in [1.29, 1.82) is 0 Å². The second-order valence-corrected chi connectivity index (χ2v) is 7.11. The minimum Gasteiger partial charge on any atom is -0.461 e. The lowest BCUT2D eigenvalue weighted by molar-refractivity contribution is -0.164. The highest BCUT2D eigenvalue weighted by atomic mass is 16.5. The number of rotatable bonds is 2. The van der Waals surface area contributed by atoms with E-state index >= 15 is 0 Å². The topological polar surface area (TPSA) is 46.6 Å². The minimum absolute atomic E-state index is 0.0657. The molecular formula is C15H23NO3. The molecular weight excluding hydrogens is 242 g/mol. The van der Waals surface area contributed by atoms with Crippen LogP contribution in [0.2, 0.25) is 0 Å². The number of ether oxygens (including phenoxy) is 1. The molecule has 2 aliphatic heterocycles. The number of hydrogen-bond acceptors (Lipinski definition) is 3. The number of carbonyl (C=O) groups excluding carboxylic acids is 2. The van der Waals surface area contributed by atoms with Gasteiger partial charge in [-0.3, -0.25) is 9.59 Å². The van der Waals surface area contributed by atoms with Crippen LogP contribution in [0.4, 0.5) is 0 Å². The van der Waals surface area contributed by atoms with Gasteiger partial charge in [-0.25, -0.2) is 0 Å². The van der Waals surface area contributed by atoms with Gasteiger partial charge in [0.1, 0.15) is 5.60 Å². The Hall–Kier alpha value is -1.06. The van der Waals surface area contributed by atoms with Crippen LogP contribution in [0.25, 0.3) is 0 Å². The fourth-order valence-electron chi connectivity index (χ4n) is 4.86. The summed E-state index contributed by atoms with van der Waals surface area (Å²) in [6.45, 7) is 5.59. The Balaban J connectivity index is 1.99. The largest absolute Gasteiger partial charge is 0.461 e. The van der Waals surface area contributed by atoms with Gasteiger partial charge in [-0.1, -0.05) is 19.8 Å². The Morgan fingerprint density at radius 2 is 1.95 bits per heavy atom. The number of nitrogens with zero attached hydrogens (tertiary/aromatic N) is 1. The van der Waals surface area contributed by atoms with Crippen molar-refractivity contribution in [3.8, 4) is 0 Å². The SMILES string of the molecule is CC1(OC=O)CCN2C(=O)CC3(C)CCCCC23C1. The molecule has 1 saturated carbocycles. The van der Waals surface area contributed by atoms with Crippen LogP contribution in [0.15, 0.2) is 0 Å². The van der Waals surface area contributed by atoms with Crippen LogP contribution in [0.3, 0.4) is 0 Å². The normalized spacial score (nSPS) is 45.6. The smallest absolute Gasteiger partial charge is 0.293 e.